The molecule has 0 atom stereocenters. The summed E-state index contributed by atoms with van der Waals surface area (Å²) in [6.07, 6.45) is 1.70. The van der Waals surface area contributed by atoms with Crippen LogP contribution in [0.5, 0.6) is 5.75 Å². The van der Waals surface area contributed by atoms with Gasteiger partial charge in [0.2, 0.25) is 0 Å². The number of rotatable bonds is 7. The molecule has 3 aromatic heterocycles. The minimum atomic E-state index is -0.695. The van der Waals surface area contributed by atoms with E-state index in [1.807, 2.05) is 41.8 Å². The molecule has 3 heterocycles. The standard InChI is InChI=1S/C24H18F2N4O2S/c1-31-9-10-32-19-6-4-15(5-7-19)23-28-24(20-14-33-21-3-2-8-27-22(20)21)30(29-23)18-12-16(25)11-17(26)13-18/h2-8,11-14H,9-10H2,1H3. The summed E-state index contributed by atoms with van der Waals surface area (Å²) in [5.74, 6) is 0.155. The first kappa shape index (κ1) is 21.2. The van der Waals surface area contributed by atoms with Gasteiger partial charge in [-0.15, -0.1) is 16.4 Å². The van der Waals surface area contributed by atoms with Crippen LogP contribution in [0.3, 0.4) is 0 Å². The lowest BCUT2D eigenvalue weighted by atomic mass is 10.2. The number of fused-ring (bicyclic) bond motifs is 1. The van der Waals surface area contributed by atoms with E-state index < -0.39 is 11.6 Å². The summed E-state index contributed by atoms with van der Waals surface area (Å²) in [6, 6.07) is 14.4. The monoisotopic (exact) mass is 464 g/mol. The van der Waals surface area contributed by atoms with Crippen LogP contribution in [0.2, 0.25) is 0 Å². The van der Waals surface area contributed by atoms with Gasteiger partial charge in [-0.3, -0.25) is 4.98 Å². The van der Waals surface area contributed by atoms with Gasteiger partial charge < -0.3 is 9.47 Å². The van der Waals surface area contributed by atoms with Crippen molar-refractivity contribution in [1.29, 1.82) is 0 Å². The summed E-state index contributed by atoms with van der Waals surface area (Å²) in [4.78, 5) is 9.20. The molecule has 5 rings (SSSR count). The molecule has 0 N–H and O–H groups in total. The maximum absolute atomic E-state index is 14.0. The minimum Gasteiger partial charge on any atom is -0.491 e. The summed E-state index contributed by atoms with van der Waals surface area (Å²) in [6.45, 7) is 0.931. The smallest absolute Gasteiger partial charge is 0.182 e. The van der Waals surface area contributed by atoms with E-state index in [1.54, 1.807) is 13.3 Å². The van der Waals surface area contributed by atoms with Gasteiger partial charge in [0.1, 0.15) is 24.0 Å². The van der Waals surface area contributed by atoms with E-state index in [4.69, 9.17) is 14.5 Å². The fourth-order valence-electron chi connectivity index (χ4n) is 3.42. The molecule has 2 aromatic carbocycles. The molecule has 0 unspecified atom stereocenters. The number of benzene rings is 2. The Kier molecular flexibility index (Phi) is 5.80. The second-order valence-corrected chi connectivity index (χ2v) is 8.07. The van der Waals surface area contributed by atoms with Gasteiger partial charge in [0.25, 0.3) is 0 Å². The van der Waals surface area contributed by atoms with Gasteiger partial charge in [-0.05, 0) is 48.5 Å². The first-order chi connectivity index (χ1) is 16.1. The molecule has 33 heavy (non-hydrogen) atoms. The lowest BCUT2D eigenvalue weighted by Gasteiger charge is -2.06. The van der Waals surface area contributed by atoms with Crippen LogP contribution in [0.25, 0.3) is 38.7 Å². The molecule has 6 nitrogen and oxygen atoms in total. The average Bonchev–Trinajstić information content (AvgIpc) is 3.44. The molecule has 0 radical (unpaired) electrons. The van der Waals surface area contributed by atoms with Crippen LogP contribution in [0.15, 0.2) is 66.2 Å². The number of methoxy groups -OCH3 is 1. The number of halogens is 2. The Morgan fingerprint density at radius 2 is 1.79 bits per heavy atom. The van der Waals surface area contributed by atoms with E-state index in [-0.39, 0.29) is 5.69 Å². The van der Waals surface area contributed by atoms with E-state index >= 15 is 0 Å². The first-order valence-electron chi connectivity index (χ1n) is 10.1. The third kappa shape index (κ3) is 4.33. The van der Waals surface area contributed by atoms with E-state index in [0.29, 0.717) is 30.6 Å². The van der Waals surface area contributed by atoms with Crippen LogP contribution >= 0.6 is 11.3 Å². The molecule has 166 valence electrons. The Morgan fingerprint density at radius 3 is 2.55 bits per heavy atom. The first-order valence-corrected chi connectivity index (χ1v) is 11.0. The van der Waals surface area contributed by atoms with E-state index in [2.05, 4.69) is 10.1 Å². The molecular weight excluding hydrogens is 446 g/mol. The zero-order chi connectivity index (χ0) is 22.8. The molecule has 0 aliphatic heterocycles. The Bertz CT molecular complexity index is 1400. The number of hydrogen-bond donors (Lipinski definition) is 0. The third-order valence-electron chi connectivity index (χ3n) is 4.94. The van der Waals surface area contributed by atoms with Crippen molar-refractivity contribution in [2.45, 2.75) is 0 Å². The second-order valence-electron chi connectivity index (χ2n) is 7.16. The van der Waals surface area contributed by atoms with Crippen molar-refractivity contribution in [3.63, 3.8) is 0 Å². The predicted molar refractivity (Wildman–Crippen MR) is 123 cm³/mol. The van der Waals surface area contributed by atoms with Crippen molar-refractivity contribution < 1.29 is 18.3 Å². The highest BCUT2D eigenvalue weighted by Gasteiger charge is 2.20. The molecule has 0 spiro atoms. The van der Waals surface area contributed by atoms with Gasteiger partial charge in [0.05, 0.1) is 28.1 Å². The summed E-state index contributed by atoms with van der Waals surface area (Å²) in [5, 5.41) is 6.51. The van der Waals surface area contributed by atoms with Crippen molar-refractivity contribution in [3.8, 4) is 34.2 Å². The average molecular weight is 464 g/mol. The molecule has 0 aliphatic carbocycles. The van der Waals surface area contributed by atoms with Crippen molar-refractivity contribution in [2.75, 3.05) is 20.3 Å². The lowest BCUT2D eigenvalue weighted by Crippen LogP contribution is -2.03. The normalized spacial score (nSPS) is 11.2. The highest BCUT2D eigenvalue weighted by Crippen LogP contribution is 2.34. The van der Waals surface area contributed by atoms with Gasteiger partial charge >= 0.3 is 0 Å². The molecular formula is C24H18F2N4O2S. The Hall–Kier alpha value is -3.69. The van der Waals surface area contributed by atoms with Crippen LogP contribution in [0, 0.1) is 11.6 Å². The summed E-state index contributed by atoms with van der Waals surface area (Å²) < 4.78 is 41.0. The van der Waals surface area contributed by atoms with Crippen LogP contribution in [-0.2, 0) is 4.74 Å². The lowest BCUT2D eigenvalue weighted by molar-refractivity contribution is 0.146. The SMILES string of the molecule is COCCOc1ccc(-c2nc(-c3csc4cccnc34)n(-c3cc(F)cc(F)c3)n2)cc1. The Balaban J connectivity index is 1.61. The van der Waals surface area contributed by atoms with E-state index in [9.17, 15) is 8.78 Å². The zero-order valence-electron chi connectivity index (χ0n) is 17.5. The summed E-state index contributed by atoms with van der Waals surface area (Å²) in [7, 11) is 1.61. The molecule has 0 saturated heterocycles. The van der Waals surface area contributed by atoms with Gasteiger partial charge in [-0.1, -0.05) is 0 Å². The maximum atomic E-state index is 14.0. The number of aromatic nitrogens is 4. The minimum absolute atomic E-state index is 0.232. The number of hydrogen-bond acceptors (Lipinski definition) is 6. The number of thiophene rings is 1. The summed E-state index contributed by atoms with van der Waals surface area (Å²) >= 11 is 1.52. The fourth-order valence-corrected chi connectivity index (χ4v) is 4.31. The van der Waals surface area contributed by atoms with Crippen LogP contribution in [-0.4, -0.2) is 40.1 Å². The van der Waals surface area contributed by atoms with Crippen LogP contribution in [0.4, 0.5) is 8.78 Å². The topological polar surface area (TPSA) is 62.1 Å². The van der Waals surface area contributed by atoms with Crippen molar-refractivity contribution in [2.24, 2.45) is 0 Å². The molecule has 0 saturated carbocycles. The quantitative estimate of drug-likeness (QED) is 0.297. The van der Waals surface area contributed by atoms with Crippen molar-refractivity contribution in [3.05, 3.63) is 77.8 Å². The van der Waals surface area contributed by atoms with Crippen LogP contribution < -0.4 is 4.74 Å². The molecule has 9 heteroatoms. The van der Waals surface area contributed by atoms with Gasteiger partial charge in [-0.25, -0.2) is 18.4 Å². The fraction of sp³-hybridized carbons (Fsp3) is 0.125. The van der Waals surface area contributed by atoms with Crippen LogP contribution in [0.1, 0.15) is 0 Å². The van der Waals surface area contributed by atoms with E-state index in [1.165, 1.54) is 28.2 Å². The van der Waals surface area contributed by atoms with Crippen molar-refractivity contribution >= 4 is 21.6 Å². The number of ether oxygens (including phenoxy) is 2. The molecule has 0 aliphatic rings. The highest BCUT2D eigenvalue weighted by atomic mass is 32.1. The Morgan fingerprint density at radius 1 is 1.00 bits per heavy atom. The summed E-state index contributed by atoms with van der Waals surface area (Å²) in [5.41, 5.74) is 2.45. The largest absolute Gasteiger partial charge is 0.491 e. The highest BCUT2D eigenvalue weighted by molar-refractivity contribution is 7.17. The maximum Gasteiger partial charge on any atom is 0.182 e. The van der Waals surface area contributed by atoms with E-state index in [0.717, 1.165) is 27.4 Å². The zero-order valence-corrected chi connectivity index (χ0v) is 18.4. The molecule has 5 aromatic rings. The van der Waals surface area contributed by atoms with Gasteiger partial charge in [0.15, 0.2) is 11.6 Å². The van der Waals surface area contributed by atoms with Crippen molar-refractivity contribution in [1.82, 2.24) is 19.7 Å². The van der Waals surface area contributed by atoms with Gasteiger partial charge in [0, 0.05) is 30.3 Å². The van der Waals surface area contributed by atoms with Gasteiger partial charge in [-0.2, -0.15) is 0 Å². The number of nitrogens with zero attached hydrogens (tertiary/aromatic N) is 4. The third-order valence-corrected chi connectivity index (χ3v) is 5.88. The predicted octanol–water partition coefficient (Wildman–Crippen LogP) is 5.51. The molecule has 0 amide bonds. The Labute approximate surface area is 192 Å². The molecule has 0 bridgehead atoms. The second kappa shape index (κ2) is 9.05. The molecule has 0 fully saturated rings. The number of pyridine rings is 1.